The molecule has 0 atom stereocenters. The average Bonchev–Trinajstić information content (AvgIpc) is 3.37. The van der Waals surface area contributed by atoms with Crippen LogP contribution in [0.15, 0.2) is 27.5 Å². The molecular formula is C21H20F5N3O4S. The number of hydrogen-bond donors (Lipinski definition) is 1. The molecule has 2 heterocycles. The van der Waals surface area contributed by atoms with Gasteiger partial charge < -0.3 is 9.47 Å². The van der Waals surface area contributed by atoms with Crippen molar-refractivity contribution in [3.8, 4) is 22.9 Å². The minimum Gasteiger partial charge on any atom is -0.488 e. The monoisotopic (exact) mass is 505 g/mol. The van der Waals surface area contributed by atoms with Crippen LogP contribution in [0.1, 0.15) is 47.2 Å². The second-order valence-corrected chi connectivity index (χ2v) is 9.03. The molecule has 0 aliphatic heterocycles. The third kappa shape index (κ3) is 5.57. The zero-order valence-corrected chi connectivity index (χ0v) is 18.6. The summed E-state index contributed by atoms with van der Waals surface area (Å²) in [5.74, 6) is -2.23. The number of aromatic amines is 1. The minimum atomic E-state index is -4.16. The third-order valence-electron chi connectivity index (χ3n) is 5.68. The summed E-state index contributed by atoms with van der Waals surface area (Å²) < 4.78 is 79.2. The highest BCUT2D eigenvalue weighted by molar-refractivity contribution is 7.11. The molecular weight excluding hydrogens is 485 g/mol. The van der Waals surface area contributed by atoms with Crippen molar-refractivity contribution in [1.29, 1.82) is 0 Å². The summed E-state index contributed by atoms with van der Waals surface area (Å²) in [6, 6.07) is 4.13. The van der Waals surface area contributed by atoms with Gasteiger partial charge >= 0.3 is 18.5 Å². The molecule has 1 aliphatic carbocycles. The molecule has 7 nitrogen and oxygen atoms in total. The molecule has 1 aliphatic rings. The van der Waals surface area contributed by atoms with Crippen LogP contribution >= 0.6 is 11.3 Å². The van der Waals surface area contributed by atoms with Crippen LogP contribution in [0, 0.1) is 12.8 Å². The van der Waals surface area contributed by atoms with Crippen molar-refractivity contribution in [1.82, 2.24) is 15.1 Å². The number of nitrogens with one attached hydrogen (secondary N) is 1. The Balaban J connectivity index is 1.44. The van der Waals surface area contributed by atoms with Gasteiger partial charge in [-0.25, -0.2) is 9.78 Å². The number of aromatic nitrogens is 3. The second-order valence-electron chi connectivity index (χ2n) is 7.92. The van der Waals surface area contributed by atoms with Crippen molar-refractivity contribution in [3.05, 3.63) is 44.3 Å². The Morgan fingerprint density at radius 2 is 1.97 bits per heavy atom. The Morgan fingerprint density at radius 1 is 1.24 bits per heavy atom. The van der Waals surface area contributed by atoms with Crippen molar-refractivity contribution >= 4 is 11.3 Å². The van der Waals surface area contributed by atoms with E-state index in [1.165, 1.54) is 29.5 Å². The van der Waals surface area contributed by atoms with Crippen molar-refractivity contribution < 1.29 is 35.9 Å². The summed E-state index contributed by atoms with van der Waals surface area (Å²) in [6.45, 7) is -1.24. The molecule has 3 aromatic rings. The summed E-state index contributed by atoms with van der Waals surface area (Å²) in [6.07, 6.45) is -3.12. The van der Waals surface area contributed by atoms with E-state index in [4.69, 9.17) is 4.74 Å². The molecule has 1 fully saturated rings. The molecule has 1 N–H and O–H groups in total. The topological polar surface area (TPSA) is 90.2 Å². The maximum atomic E-state index is 12.9. The number of ether oxygens (including phenoxy) is 2. The van der Waals surface area contributed by atoms with E-state index in [-0.39, 0.29) is 48.3 Å². The number of rotatable bonds is 7. The fraction of sp³-hybridized carbons (Fsp3) is 0.476. The predicted octanol–water partition coefficient (Wildman–Crippen LogP) is 5.81. The lowest BCUT2D eigenvalue weighted by molar-refractivity contribution is -0.182. The van der Waals surface area contributed by atoms with Crippen molar-refractivity contribution in [2.45, 2.75) is 57.9 Å². The van der Waals surface area contributed by atoms with Gasteiger partial charge in [-0.15, -0.1) is 11.3 Å². The molecule has 0 saturated heterocycles. The van der Waals surface area contributed by atoms with E-state index >= 15 is 0 Å². The molecule has 2 aromatic heterocycles. The van der Waals surface area contributed by atoms with Gasteiger partial charge in [0.05, 0.1) is 27.1 Å². The van der Waals surface area contributed by atoms with Crippen LogP contribution in [-0.2, 0) is 6.61 Å². The van der Waals surface area contributed by atoms with Gasteiger partial charge in [0.25, 0.3) is 0 Å². The van der Waals surface area contributed by atoms with Crippen molar-refractivity contribution in [2.75, 3.05) is 0 Å². The first-order chi connectivity index (χ1) is 16.1. The first kappa shape index (κ1) is 24.2. The van der Waals surface area contributed by atoms with Gasteiger partial charge in [0, 0.05) is 12.0 Å². The number of aryl methyl sites for hydroxylation is 1. The lowest BCUT2D eigenvalue weighted by Gasteiger charge is -2.28. The normalized spacial score (nSPS) is 18.9. The molecule has 0 bridgehead atoms. The van der Waals surface area contributed by atoms with Gasteiger partial charge in [-0.3, -0.25) is 9.51 Å². The maximum Gasteiger partial charge on any atom is 0.439 e. The lowest BCUT2D eigenvalue weighted by Crippen LogP contribution is -2.27. The summed E-state index contributed by atoms with van der Waals surface area (Å²) >= 11 is 1.38. The quantitative estimate of drug-likeness (QED) is 0.408. The molecule has 184 valence electrons. The van der Waals surface area contributed by atoms with Gasteiger partial charge in [0.1, 0.15) is 18.1 Å². The van der Waals surface area contributed by atoms with E-state index < -0.39 is 24.5 Å². The SMILES string of the molecule is Cc1nc(C2CCC(C(F)(F)F)CC2)sc1COc1ccc(-c2noc(=O)[nH]2)c(OC(F)F)c1. The van der Waals surface area contributed by atoms with E-state index in [1.807, 2.05) is 0 Å². The highest BCUT2D eigenvalue weighted by Crippen LogP contribution is 2.44. The standard InChI is InChI=1S/C21H20F5N3O4S/c1-10-16(34-18(27-10)11-2-4-12(5-3-11)21(24,25)26)9-31-13-6-7-14(15(8-13)32-19(22)23)17-28-20(30)33-29-17/h6-8,11-12,19H,2-5,9H2,1H3,(H,28,29,30). The fourth-order valence-electron chi connectivity index (χ4n) is 3.90. The zero-order chi connectivity index (χ0) is 24.5. The van der Waals surface area contributed by atoms with Crippen molar-refractivity contribution in [3.63, 3.8) is 0 Å². The molecule has 1 saturated carbocycles. The lowest BCUT2D eigenvalue weighted by atomic mass is 9.82. The van der Waals surface area contributed by atoms with E-state index in [0.29, 0.717) is 18.5 Å². The molecule has 0 amide bonds. The summed E-state index contributed by atoms with van der Waals surface area (Å²) in [4.78, 5) is 18.8. The van der Waals surface area contributed by atoms with Gasteiger partial charge in [-0.2, -0.15) is 22.0 Å². The number of nitrogens with zero attached hydrogens (tertiary/aromatic N) is 2. The van der Waals surface area contributed by atoms with E-state index in [9.17, 15) is 26.7 Å². The van der Waals surface area contributed by atoms with Crippen LogP contribution in [0.5, 0.6) is 11.5 Å². The Bertz CT molecular complexity index is 1180. The fourth-order valence-corrected chi connectivity index (χ4v) is 5.05. The van der Waals surface area contributed by atoms with Gasteiger partial charge in [-0.1, -0.05) is 5.16 Å². The number of thiazole rings is 1. The number of hydrogen-bond acceptors (Lipinski definition) is 7. The van der Waals surface area contributed by atoms with E-state index in [1.54, 1.807) is 6.92 Å². The van der Waals surface area contributed by atoms with Gasteiger partial charge in [0.2, 0.25) is 0 Å². The van der Waals surface area contributed by atoms with Crippen LogP contribution in [0.25, 0.3) is 11.4 Å². The Kier molecular flexibility index (Phi) is 6.91. The molecule has 0 radical (unpaired) electrons. The largest absolute Gasteiger partial charge is 0.488 e. The molecule has 1 aromatic carbocycles. The van der Waals surface area contributed by atoms with Crippen molar-refractivity contribution in [2.24, 2.45) is 5.92 Å². The maximum absolute atomic E-state index is 12.9. The predicted molar refractivity (Wildman–Crippen MR) is 111 cm³/mol. The van der Waals surface area contributed by atoms with Crippen LogP contribution in [0.2, 0.25) is 0 Å². The van der Waals surface area contributed by atoms with Crippen LogP contribution in [0.4, 0.5) is 22.0 Å². The number of H-pyrrole nitrogens is 1. The average molecular weight is 505 g/mol. The summed E-state index contributed by atoms with van der Waals surface area (Å²) in [5.41, 5.74) is 0.794. The second kappa shape index (κ2) is 9.72. The summed E-state index contributed by atoms with van der Waals surface area (Å²) in [5, 5.41) is 4.26. The number of halogens is 5. The Hall–Kier alpha value is -2.96. The van der Waals surface area contributed by atoms with Crippen LogP contribution in [-0.4, -0.2) is 27.9 Å². The first-order valence-electron chi connectivity index (χ1n) is 10.4. The Morgan fingerprint density at radius 3 is 2.59 bits per heavy atom. The summed E-state index contributed by atoms with van der Waals surface area (Å²) in [7, 11) is 0. The highest BCUT2D eigenvalue weighted by Gasteiger charge is 2.42. The van der Waals surface area contributed by atoms with Crippen LogP contribution in [0.3, 0.4) is 0 Å². The minimum absolute atomic E-state index is 0.0222. The van der Waals surface area contributed by atoms with Gasteiger partial charge in [-0.05, 0) is 44.7 Å². The van der Waals surface area contributed by atoms with E-state index in [0.717, 1.165) is 9.88 Å². The highest BCUT2D eigenvalue weighted by atomic mass is 32.1. The van der Waals surface area contributed by atoms with Gasteiger partial charge in [0.15, 0.2) is 5.82 Å². The Labute approximate surface area is 193 Å². The van der Waals surface area contributed by atoms with E-state index in [2.05, 4.69) is 24.4 Å². The number of alkyl halides is 5. The molecule has 4 rings (SSSR count). The molecule has 13 heteroatoms. The zero-order valence-electron chi connectivity index (χ0n) is 17.8. The third-order valence-corrected chi connectivity index (χ3v) is 6.98. The smallest absolute Gasteiger partial charge is 0.439 e. The first-order valence-corrected chi connectivity index (χ1v) is 11.2. The molecule has 0 spiro atoms. The van der Waals surface area contributed by atoms with Crippen LogP contribution < -0.4 is 15.2 Å². The molecule has 0 unspecified atom stereocenters. The number of benzene rings is 1. The molecule has 34 heavy (non-hydrogen) atoms.